The van der Waals surface area contributed by atoms with E-state index >= 15 is 0 Å². The molecule has 1 saturated heterocycles. The van der Waals surface area contributed by atoms with Crippen molar-refractivity contribution in [2.45, 2.75) is 69.5 Å². The highest BCUT2D eigenvalue weighted by molar-refractivity contribution is 4.88. The van der Waals surface area contributed by atoms with Crippen LogP contribution in [0.2, 0.25) is 0 Å². The maximum absolute atomic E-state index is 6.44. The van der Waals surface area contributed by atoms with Crippen LogP contribution in [-0.2, 0) is 0 Å². The second-order valence-corrected chi connectivity index (χ2v) is 6.45. The zero-order chi connectivity index (χ0) is 13.0. The molecule has 1 aliphatic carbocycles. The van der Waals surface area contributed by atoms with Crippen LogP contribution in [-0.4, -0.2) is 55.1 Å². The molecule has 3 unspecified atom stereocenters. The van der Waals surface area contributed by atoms with Crippen molar-refractivity contribution in [3.8, 4) is 0 Å². The summed E-state index contributed by atoms with van der Waals surface area (Å²) >= 11 is 0. The van der Waals surface area contributed by atoms with Gasteiger partial charge >= 0.3 is 0 Å². The van der Waals surface area contributed by atoms with E-state index < -0.39 is 0 Å². The number of nitrogens with zero attached hydrogens (tertiary/aromatic N) is 2. The Morgan fingerprint density at radius 1 is 1.00 bits per heavy atom. The SMILES string of the molecule is CN1CCCC(N(C)C2CCCCCCC2N)C1. The highest BCUT2D eigenvalue weighted by atomic mass is 15.2. The normalized spacial score (nSPS) is 36.3. The van der Waals surface area contributed by atoms with Crippen molar-refractivity contribution in [2.75, 3.05) is 27.2 Å². The molecule has 0 bridgehead atoms. The van der Waals surface area contributed by atoms with Crippen LogP contribution < -0.4 is 5.73 Å². The monoisotopic (exact) mass is 253 g/mol. The summed E-state index contributed by atoms with van der Waals surface area (Å²) in [5, 5.41) is 0. The quantitative estimate of drug-likeness (QED) is 0.817. The molecule has 106 valence electrons. The molecule has 2 rings (SSSR count). The molecule has 2 aliphatic rings. The predicted octanol–water partition coefficient (Wildman–Crippen LogP) is 2.06. The van der Waals surface area contributed by atoms with E-state index in [0.29, 0.717) is 12.1 Å². The van der Waals surface area contributed by atoms with Gasteiger partial charge in [-0.1, -0.05) is 25.7 Å². The van der Waals surface area contributed by atoms with Gasteiger partial charge in [0.2, 0.25) is 0 Å². The lowest BCUT2D eigenvalue weighted by molar-refractivity contribution is 0.0774. The Morgan fingerprint density at radius 2 is 1.72 bits per heavy atom. The van der Waals surface area contributed by atoms with Crippen LogP contribution in [0.5, 0.6) is 0 Å². The minimum atomic E-state index is 0.391. The van der Waals surface area contributed by atoms with Gasteiger partial charge in [-0.05, 0) is 46.3 Å². The van der Waals surface area contributed by atoms with E-state index in [-0.39, 0.29) is 0 Å². The van der Waals surface area contributed by atoms with Crippen LogP contribution in [0.1, 0.15) is 51.4 Å². The first-order chi connectivity index (χ1) is 8.68. The Balaban J connectivity index is 1.93. The van der Waals surface area contributed by atoms with Gasteiger partial charge in [0.15, 0.2) is 0 Å². The first kappa shape index (κ1) is 14.3. The van der Waals surface area contributed by atoms with Gasteiger partial charge in [-0.3, -0.25) is 4.90 Å². The van der Waals surface area contributed by atoms with E-state index in [1.165, 1.54) is 64.5 Å². The highest BCUT2D eigenvalue weighted by Crippen LogP contribution is 2.24. The van der Waals surface area contributed by atoms with Crippen molar-refractivity contribution in [2.24, 2.45) is 5.73 Å². The number of rotatable bonds is 2. The smallest absolute Gasteiger partial charge is 0.0247 e. The minimum Gasteiger partial charge on any atom is -0.326 e. The fourth-order valence-corrected chi connectivity index (χ4v) is 3.74. The third-order valence-electron chi connectivity index (χ3n) is 4.98. The van der Waals surface area contributed by atoms with Crippen LogP contribution in [0, 0.1) is 0 Å². The Kier molecular flexibility index (Phi) is 5.46. The minimum absolute atomic E-state index is 0.391. The van der Waals surface area contributed by atoms with Crippen molar-refractivity contribution in [3.63, 3.8) is 0 Å². The number of likely N-dealkylation sites (N-methyl/N-ethyl adjacent to an activating group) is 2. The molecule has 18 heavy (non-hydrogen) atoms. The lowest BCUT2D eigenvalue weighted by Gasteiger charge is -2.42. The van der Waals surface area contributed by atoms with Gasteiger partial charge in [0.1, 0.15) is 0 Å². The molecule has 1 aliphatic heterocycles. The van der Waals surface area contributed by atoms with E-state index in [1.807, 2.05) is 0 Å². The van der Waals surface area contributed by atoms with Gasteiger partial charge in [0, 0.05) is 24.7 Å². The molecule has 3 atom stereocenters. The van der Waals surface area contributed by atoms with E-state index in [1.54, 1.807) is 0 Å². The third kappa shape index (κ3) is 3.69. The zero-order valence-corrected chi connectivity index (χ0v) is 12.3. The van der Waals surface area contributed by atoms with E-state index in [9.17, 15) is 0 Å². The van der Waals surface area contributed by atoms with Crippen molar-refractivity contribution in [1.82, 2.24) is 9.80 Å². The summed E-state index contributed by atoms with van der Waals surface area (Å²) < 4.78 is 0. The average Bonchev–Trinajstić information content (AvgIpc) is 2.34. The number of hydrogen-bond donors (Lipinski definition) is 1. The maximum atomic E-state index is 6.44. The van der Waals surface area contributed by atoms with E-state index in [4.69, 9.17) is 5.73 Å². The largest absolute Gasteiger partial charge is 0.326 e. The summed E-state index contributed by atoms with van der Waals surface area (Å²) in [5.74, 6) is 0. The fourth-order valence-electron chi connectivity index (χ4n) is 3.74. The van der Waals surface area contributed by atoms with E-state index in [0.717, 1.165) is 6.04 Å². The Labute approximate surface area is 113 Å². The topological polar surface area (TPSA) is 32.5 Å². The lowest BCUT2D eigenvalue weighted by Crippen LogP contribution is -2.54. The number of likely N-dealkylation sites (tertiary alicyclic amines) is 1. The van der Waals surface area contributed by atoms with Crippen LogP contribution >= 0.6 is 0 Å². The number of piperidine rings is 1. The number of hydrogen-bond acceptors (Lipinski definition) is 3. The van der Waals surface area contributed by atoms with Gasteiger partial charge in [-0.15, -0.1) is 0 Å². The van der Waals surface area contributed by atoms with Crippen molar-refractivity contribution in [3.05, 3.63) is 0 Å². The van der Waals surface area contributed by atoms with Crippen molar-refractivity contribution >= 4 is 0 Å². The average molecular weight is 253 g/mol. The first-order valence-electron chi connectivity index (χ1n) is 7.84. The molecule has 0 spiro atoms. The molecule has 3 nitrogen and oxygen atoms in total. The molecule has 0 amide bonds. The second kappa shape index (κ2) is 6.88. The molecule has 1 saturated carbocycles. The fraction of sp³-hybridized carbons (Fsp3) is 1.00. The molecule has 0 aromatic rings. The highest BCUT2D eigenvalue weighted by Gasteiger charge is 2.29. The molecule has 2 N–H and O–H groups in total. The molecule has 0 aromatic carbocycles. The molecule has 3 heteroatoms. The maximum Gasteiger partial charge on any atom is 0.0247 e. The summed E-state index contributed by atoms with van der Waals surface area (Å²) in [5.41, 5.74) is 6.44. The number of nitrogens with two attached hydrogens (primary N) is 1. The predicted molar refractivity (Wildman–Crippen MR) is 77.7 cm³/mol. The van der Waals surface area contributed by atoms with Gasteiger partial charge in [-0.2, -0.15) is 0 Å². The first-order valence-corrected chi connectivity index (χ1v) is 7.84. The summed E-state index contributed by atoms with van der Waals surface area (Å²) in [7, 11) is 4.56. The third-order valence-corrected chi connectivity index (χ3v) is 4.98. The molecule has 2 fully saturated rings. The van der Waals surface area contributed by atoms with Crippen LogP contribution in [0.15, 0.2) is 0 Å². The van der Waals surface area contributed by atoms with Gasteiger partial charge in [-0.25, -0.2) is 0 Å². The zero-order valence-electron chi connectivity index (χ0n) is 12.3. The van der Waals surface area contributed by atoms with Gasteiger partial charge in [0.25, 0.3) is 0 Å². The lowest BCUT2D eigenvalue weighted by atomic mass is 9.90. The van der Waals surface area contributed by atoms with Crippen LogP contribution in [0.3, 0.4) is 0 Å². The summed E-state index contributed by atoms with van der Waals surface area (Å²) in [6.45, 7) is 2.49. The van der Waals surface area contributed by atoms with Crippen LogP contribution in [0.4, 0.5) is 0 Å². The molecular weight excluding hydrogens is 222 g/mol. The van der Waals surface area contributed by atoms with E-state index in [2.05, 4.69) is 23.9 Å². The van der Waals surface area contributed by atoms with Crippen molar-refractivity contribution < 1.29 is 0 Å². The molecular formula is C15H31N3. The summed E-state index contributed by atoms with van der Waals surface area (Å²) in [6, 6.07) is 1.73. The Morgan fingerprint density at radius 3 is 2.44 bits per heavy atom. The van der Waals surface area contributed by atoms with Gasteiger partial charge < -0.3 is 10.6 Å². The summed E-state index contributed by atoms with van der Waals surface area (Å²) in [6.07, 6.45) is 10.7. The van der Waals surface area contributed by atoms with Crippen molar-refractivity contribution in [1.29, 1.82) is 0 Å². The van der Waals surface area contributed by atoms with Crippen LogP contribution in [0.25, 0.3) is 0 Å². The summed E-state index contributed by atoms with van der Waals surface area (Å²) in [4.78, 5) is 5.09. The molecule has 1 heterocycles. The standard InChI is InChI=1S/C15H31N3/c1-17-11-7-8-13(12-17)18(2)15-10-6-4-3-5-9-14(15)16/h13-15H,3-12,16H2,1-2H3. The molecule has 0 radical (unpaired) electrons. The Bertz CT molecular complexity index is 244. The molecule has 0 aromatic heterocycles. The van der Waals surface area contributed by atoms with Gasteiger partial charge in [0.05, 0.1) is 0 Å². The Hall–Kier alpha value is -0.120. The second-order valence-electron chi connectivity index (χ2n) is 6.45.